The van der Waals surface area contributed by atoms with Gasteiger partial charge in [0.15, 0.2) is 12.5 Å². The van der Waals surface area contributed by atoms with Crippen LogP contribution in [0.2, 0.25) is 5.02 Å². The Bertz CT molecular complexity index is 1770. The van der Waals surface area contributed by atoms with Gasteiger partial charge >= 0.3 is 0 Å². The fourth-order valence-electron chi connectivity index (χ4n) is 5.35. The predicted octanol–water partition coefficient (Wildman–Crippen LogP) is 4.31. The molecule has 2 heterocycles. The van der Waals surface area contributed by atoms with Crippen molar-refractivity contribution in [1.29, 1.82) is 0 Å². The molecule has 0 aliphatic carbocycles. The van der Waals surface area contributed by atoms with E-state index in [1.165, 1.54) is 6.20 Å². The number of aliphatic hydroxyl groups is 1. The predicted molar refractivity (Wildman–Crippen MR) is 172 cm³/mol. The second kappa shape index (κ2) is 13.0. The SMILES string of the molecule is CC1(O)CCN(CCn2cc(C(=O)COc3cc4ccc(Cl)cc4cc3C(N)=O)c3ccc(O/C(N)=C/C=C\N)cc32)CC1. The fourth-order valence-corrected chi connectivity index (χ4v) is 5.53. The molecule has 230 valence electrons. The zero-order chi connectivity index (χ0) is 31.4. The van der Waals surface area contributed by atoms with Crippen LogP contribution in [0.4, 0.5) is 0 Å². The number of allylic oxidation sites excluding steroid dienone is 2. The van der Waals surface area contributed by atoms with Crippen LogP contribution in [0.3, 0.4) is 0 Å². The van der Waals surface area contributed by atoms with Gasteiger partial charge in [0, 0.05) is 54.4 Å². The number of benzene rings is 3. The van der Waals surface area contributed by atoms with E-state index in [0.717, 1.165) is 41.3 Å². The van der Waals surface area contributed by atoms with Crippen molar-refractivity contribution >= 4 is 45.0 Å². The number of fused-ring (bicyclic) bond motifs is 2. The summed E-state index contributed by atoms with van der Waals surface area (Å²) >= 11 is 6.11. The van der Waals surface area contributed by atoms with Crippen LogP contribution >= 0.6 is 11.6 Å². The first-order valence-corrected chi connectivity index (χ1v) is 14.7. The van der Waals surface area contributed by atoms with Crippen molar-refractivity contribution in [1.82, 2.24) is 9.47 Å². The maximum atomic E-state index is 13.6. The van der Waals surface area contributed by atoms with Gasteiger partial charge in [0.2, 0.25) is 5.78 Å². The zero-order valence-corrected chi connectivity index (χ0v) is 25.2. The van der Waals surface area contributed by atoms with Crippen LogP contribution in [0, 0.1) is 0 Å². The average molecular weight is 618 g/mol. The van der Waals surface area contributed by atoms with E-state index in [0.29, 0.717) is 35.7 Å². The molecule has 0 radical (unpaired) electrons. The molecule has 3 aromatic carbocycles. The summed E-state index contributed by atoms with van der Waals surface area (Å²) in [5.74, 6) is -0.0572. The smallest absolute Gasteiger partial charge is 0.252 e. The van der Waals surface area contributed by atoms with Gasteiger partial charge in [0.05, 0.1) is 16.7 Å². The quantitative estimate of drug-likeness (QED) is 0.110. The number of nitrogens with two attached hydrogens (primary N) is 3. The Kier molecular flexibility index (Phi) is 9.14. The molecule has 44 heavy (non-hydrogen) atoms. The van der Waals surface area contributed by atoms with Gasteiger partial charge in [-0.1, -0.05) is 17.7 Å². The van der Waals surface area contributed by atoms with Gasteiger partial charge in [-0.3, -0.25) is 9.59 Å². The number of likely N-dealkylation sites (tertiary alicyclic amines) is 1. The van der Waals surface area contributed by atoms with Crippen molar-refractivity contribution in [3.8, 4) is 11.5 Å². The first-order chi connectivity index (χ1) is 21.0. The van der Waals surface area contributed by atoms with Gasteiger partial charge in [-0.15, -0.1) is 0 Å². The van der Waals surface area contributed by atoms with E-state index in [4.69, 9.17) is 38.3 Å². The van der Waals surface area contributed by atoms with Crippen molar-refractivity contribution in [2.75, 3.05) is 26.2 Å². The highest BCUT2D eigenvalue weighted by atomic mass is 35.5. The number of carbonyl (C=O) groups excluding carboxylic acids is 2. The number of ether oxygens (including phenoxy) is 2. The van der Waals surface area contributed by atoms with Crippen molar-refractivity contribution in [3.05, 3.63) is 95.1 Å². The highest BCUT2D eigenvalue weighted by Crippen LogP contribution is 2.30. The van der Waals surface area contributed by atoms with Crippen LogP contribution in [0.1, 0.15) is 40.5 Å². The second-order valence-corrected chi connectivity index (χ2v) is 11.7. The van der Waals surface area contributed by atoms with E-state index in [1.807, 2.05) is 35.9 Å². The molecule has 0 atom stereocenters. The summed E-state index contributed by atoms with van der Waals surface area (Å²) in [4.78, 5) is 28.1. The molecule has 4 aromatic rings. The Morgan fingerprint density at radius 2 is 1.80 bits per heavy atom. The minimum atomic E-state index is -0.673. The zero-order valence-electron chi connectivity index (χ0n) is 24.5. The lowest BCUT2D eigenvalue weighted by atomic mass is 9.94. The summed E-state index contributed by atoms with van der Waals surface area (Å²) in [6.45, 7) is 4.48. The summed E-state index contributed by atoms with van der Waals surface area (Å²) in [5, 5.41) is 13.1. The molecule has 1 aliphatic heterocycles. The molecule has 1 fully saturated rings. The fraction of sp³-hybridized carbons (Fsp3) is 0.273. The Balaban J connectivity index is 1.41. The minimum absolute atomic E-state index is 0.160. The number of nitrogens with zero attached hydrogens (tertiary/aromatic N) is 2. The summed E-state index contributed by atoms with van der Waals surface area (Å²) in [6.07, 6.45) is 7.69. The van der Waals surface area contributed by atoms with Gasteiger partial charge in [-0.25, -0.2) is 0 Å². The van der Waals surface area contributed by atoms with Crippen LogP contribution in [0.15, 0.2) is 79.0 Å². The molecule has 1 aromatic heterocycles. The number of aromatic nitrogens is 1. The van der Waals surface area contributed by atoms with Gasteiger partial charge < -0.3 is 41.2 Å². The van der Waals surface area contributed by atoms with E-state index < -0.39 is 11.5 Å². The van der Waals surface area contributed by atoms with Gasteiger partial charge in [-0.2, -0.15) is 0 Å². The average Bonchev–Trinajstić information content (AvgIpc) is 3.35. The van der Waals surface area contributed by atoms with Crippen molar-refractivity contribution in [3.63, 3.8) is 0 Å². The molecule has 0 saturated carbocycles. The molecule has 1 saturated heterocycles. The molecular formula is C33H36ClN5O5. The molecule has 0 unspecified atom stereocenters. The van der Waals surface area contributed by atoms with E-state index in [9.17, 15) is 14.7 Å². The van der Waals surface area contributed by atoms with Crippen molar-refractivity contribution in [2.45, 2.75) is 31.9 Å². The number of carbonyl (C=O) groups is 2. The lowest BCUT2D eigenvalue weighted by Gasteiger charge is -2.35. The number of Topliss-reactive ketones (excluding diaryl/α,β-unsaturated/α-hetero) is 1. The number of amides is 1. The van der Waals surface area contributed by atoms with Crippen molar-refractivity contribution < 1.29 is 24.2 Å². The summed E-state index contributed by atoms with van der Waals surface area (Å²) < 4.78 is 13.7. The minimum Gasteiger partial charge on any atom is -0.485 e. The molecule has 11 heteroatoms. The van der Waals surface area contributed by atoms with Crippen LogP contribution in [0.5, 0.6) is 11.5 Å². The van der Waals surface area contributed by atoms with E-state index in [-0.39, 0.29) is 29.6 Å². The molecule has 1 aliphatic rings. The third kappa shape index (κ3) is 7.16. The van der Waals surface area contributed by atoms with Crippen LogP contribution in [-0.2, 0) is 6.54 Å². The summed E-state index contributed by atoms with van der Waals surface area (Å²) in [7, 11) is 0. The lowest BCUT2D eigenvalue weighted by molar-refractivity contribution is -0.00584. The Morgan fingerprint density at radius 3 is 2.52 bits per heavy atom. The largest absolute Gasteiger partial charge is 0.485 e. The third-order valence-corrected chi connectivity index (χ3v) is 8.11. The summed E-state index contributed by atoms with van der Waals surface area (Å²) in [5.41, 5.74) is 17.8. The molecule has 10 nitrogen and oxygen atoms in total. The Hall–Kier alpha value is -4.51. The molecule has 0 bridgehead atoms. The topological polar surface area (TPSA) is 159 Å². The number of piperidine rings is 1. The number of rotatable bonds is 11. The van der Waals surface area contributed by atoms with Gasteiger partial charge in [-0.05, 0) is 85.3 Å². The van der Waals surface area contributed by atoms with Crippen LogP contribution in [0.25, 0.3) is 21.7 Å². The number of hydrogen-bond donors (Lipinski definition) is 4. The maximum Gasteiger partial charge on any atom is 0.252 e. The number of halogens is 1. The molecule has 5 rings (SSSR count). The normalized spacial score (nSPS) is 15.7. The lowest BCUT2D eigenvalue weighted by Crippen LogP contribution is -2.43. The van der Waals surface area contributed by atoms with E-state index in [2.05, 4.69) is 4.90 Å². The third-order valence-electron chi connectivity index (χ3n) is 7.88. The number of ketones is 1. The Labute approximate surface area is 260 Å². The van der Waals surface area contributed by atoms with Crippen LogP contribution < -0.4 is 26.7 Å². The van der Waals surface area contributed by atoms with Gasteiger partial charge in [0.25, 0.3) is 5.91 Å². The second-order valence-electron chi connectivity index (χ2n) is 11.2. The number of hydrogen-bond acceptors (Lipinski definition) is 8. The highest BCUT2D eigenvalue weighted by molar-refractivity contribution is 6.31. The number of primary amides is 1. The first kappa shape index (κ1) is 30.9. The summed E-state index contributed by atoms with van der Waals surface area (Å²) in [6, 6.07) is 14.0. The first-order valence-electron chi connectivity index (χ1n) is 14.3. The standard InChI is InChI=1S/C33H36ClN5O5/c1-33(42)8-11-38(12-9-33)13-14-39-19-27(25-7-6-24(18-28(25)39)44-31(36)3-2-10-35)29(40)20-43-30-17-21-4-5-23(34)15-22(21)16-26(30)32(37)41/h2-7,10,15-19,42H,8-9,11-14,20,35-36H2,1H3,(H2,37,41)/b10-2-,31-3+. The van der Waals surface area contributed by atoms with E-state index >= 15 is 0 Å². The van der Waals surface area contributed by atoms with Gasteiger partial charge in [0.1, 0.15) is 11.5 Å². The highest BCUT2D eigenvalue weighted by Gasteiger charge is 2.27. The van der Waals surface area contributed by atoms with Crippen LogP contribution in [-0.4, -0.2) is 58.1 Å². The van der Waals surface area contributed by atoms with E-state index in [1.54, 1.807) is 42.5 Å². The van der Waals surface area contributed by atoms with Crippen molar-refractivity contribution in [2.24, 2.45) is 17.2 Å². The molecular weight excluding hydrogens is 582 g/mol. The maximum absolute atomic E-state index is 13.6. The molecule has 0 spiro atoms. The molecule has 1 amide bonds. The Morgan fingerprint density at radius 1 is 1.02 bits per heavy atom. The monoisotopic (exact) mass is 617 g/mol. The molecule has 7 N–H and O–H groups in total.